The van der Waals surface area contributed by atoms with Gasteiger partial charge in [-0.3, -0.25) is 0 Å². The molecule has 0 aromatic rings. The highest BCUT2D eigenvalue weighted by Gasteiger charge is 2.19. The van der Waals surface area contributed by atoms with Crippen molar-refractivity contribution in [1.29, 1.82) is 0 Å². The molecule has 0 amide bonds. The van der Waals surface area contributed by atoms with E-state index in [0.29, 0.717) is 0 Å². The smallest absolute Gasteiger partial charge is 0.335 e. The number of halogens is 3. The Bertz CT molecular complexity index is 47.4. The van der Waals surface area contributed by atoms with Crippen LogP contribution in [-0.2, 0) is 4.74 Å². The summed E-state index contributed by atoms with van der Waals surface area (Å²) in [5.41, 5.74) is 0. The summed E-state index contributed by atoms with van der Waals surface area (Å²) in [7, 11) is 0.849. The molecule has 7 heavy (non-hydrogen) atoms. The summed E-state index contributed by atoms with van der Waals surface area (Å²) in [6.45, 7) is 0. The van der Waals surface area contributed by atoms with Crippen molar-refractivity contribution in [2.45, 2.75) is 6.43 Å². The highest BCUT2D eigenvalue weighted by molar-refractivity contribution is 4.62. The van der Waals surface area contributed by atoms with E-state index in [-0.39, 0.29) is 0 Å². The summed E-state index contributed by atoms with van der Waals surface area (Å²) in [6, 6.07) is 0. The van der Waals surface area contributed by atoms with Gasteiger partial charge in [-0.05, 0) is 0 Å². The molecule has 0 saturated heterocycles. The lowest BCUT2D eigenvalue weighted by Crippen LogP contribution is -2.03. The van der Waals surface area contributed by atoms with E-state index in [1.165, 1.54) is 0 Å². The average molecular weight is 113 g/mol. The minimum absolute atomic E-state index is 0.849. The monoisotopic (exact) mass is 113 g/mol. The van der Waals surface area contributed by atoms with Crippen molar-refractivity contribution in [1.82, 2.24) is 0 Å². The molecule has 1 nitrogen and oxygen atoms in total. The molecule has 0 aliphatic carbocycles. The van der Waals surface area contributed by atoms with E-state index in [4.69, 9.17) is 0 Å². The Morgan fingerprint density at radius 3 is 2.00 bits per heavy atom. The Hall–Kier alpha value is -0.250. The molecule has 4 heteroatoms. The normalized spacial score (nSPS) is 11.1. The van der Waals surface area contributed by atoms with E-state index >= 15 is 0 Å². The second-order valence-corrected chi connectivity index (χ2v) is 0.809. The van der Waals surface area contributed by atoms with Crippen LogP contribution in [0, 0.1) is 6.36 Å². The third kappa shape index (κ3) is 2.45. The van der Waals surface area contributed by atoms with Gasteiger partial charge in [0.2, 0.25) is 0 Å². The lowest BCUT2D eigenvalue weighted by molar-refractivity contribution is -0.0176. The Balaban J connectivity index is 3.14. The van der Waals surface area contributed by atoms with Crippen LogP contribution in [0.4, 0.5) is 13.2 Å². The minimum atomic E-state index is -3.11. The van der Waals surface area contributed by atoms with Crippen LogP contribution in [0.5, 0.6) is 0 Å². The predicted molar refractivity (Wildman–Crippen MR) is 17.4 cm³/mol. The summed E-state index contributed by atoms with van der Waals surface area (Å²) >= 11 is 0. The molecule has 0 spiro atoms. The van der Waals surface area contributed by atoms with Crippen molar-refractivity contribution < 1.29 is 17.9 Å². The second-order valence-electron chi connectivity index (χ2n) is 0.809. The number of methoxy groups -OCH3 is 1. The highest BCUT2D eigenvalue weighted by atomic mass is 19.3. The fraction of sp³-hybridized carbons (Fsp3) is 0.667. The molecule has 0 heterocycles. The predicted octanol–water partition coefficient (Wildman–Crippen LogP) is 1.36. The van der Waals surface area contributed by atoms with Gasteiger partial charge in [-0.2, -0.15) is 4.39 Å². The van der Waals surface area contributed by atoms with Crippen LogP contribution in [0.15, 0.2) is 0 Å². The van der Waals surface area contributed by atoms with Crippen molar-refractivity contribution in [3.63, 3.8) is 0 Å². The molecule has 0 aliphatic heterocycles. The van der Waals surface area contributed by atoms with Gasteiger partial charge in [-0.15, -0.1) is 0 Å². The molecule has 0 saturated carbocycles. The number of hydrogen-bond donors (Lipinski definition) is 0. The molecule has 0 aliphatic rings. The van der Waals surface area contributed by atoms with E-state index in [1.54, 1.807) is 0 Å². The number of rotatable bonds is 2. The first-order valence-electron chi connectivity index (χ1n) is 1.53. The van der Waals surface area contributed by atoms with Gasteiger partial charge in [-0.1, -0.05) is 0 Å². The lowest BCUT2D eigenvalue weighted by atomic mass is 10.7. The van der Waals surface area contributed by atoms with Crippen LogP contribution in [0.2, 0.25) is 0 Å². The Morgan fingerprint density at radius 1 is 1.57 bits per heavy atom. The first-order chi connectivity index (χ1) is 3.18. The van der Waals surface area contributed by atoms with Crippen molar-refractivity contribution in [2.24, 2.45) is 0 Å². The largest absolute Gasteiger partial charge is 0.340 e. The van der Waals surface area contributed by atoms with Gasteiger partial charge in [0.25, 0.3) is 0 Å². The van der Waals surface area contributed by atoms with Crippen molar-refractivity contribution in [3.8, 4) is 0 Å². The summed E-state index contributed by atoms with van der Waals surface area (Å²) < 4.78 is 36.5. The fourth-order valence-corrected chi connectivity index (χ4v) is 0.0891. The maximum absolute atomic E-state index is 11.2. The molecule has 0 aromatic heterocycles. The van der Waals surface area contributed by atoms with Crippen LogP contribution in [0.1, 0.15) is 0 Å². The lowest BCUT2D eigenvalue weighted by Gasteiger charge is -1.97. The summed E-state index contributed by atoms with van der Waals surface area (Å²) in [5.74, 6) is 0. The first kappa shape index (κ1) is 6.75. The van der Waals surface area contributed by atoms with Crippen LogP contribution in [-0.4, -0.2) is 13.5 Å². The Kier molecular flexibility index (Phi) is 2.75. The van der Waals surface area contributed by atoms with Gasteiger partial charge < -0.3 is 4.74 Å². The van der Waals surface area contributed by atoms with Crippen molar-refractivity contribution in [3.05, 3.63) is 6.36 Å². The van der Waals surface area contributed by atoms with Gasteiger partial charge in [-0.25, -0.2) is 8.78 Å². The molecule has 0 atom stereocenters. The van der Waals surface area contributed by atoms with Crippen molar-refractivity contribution in [2.75, 3.05) is 7.11 Å². The topological polar surface area (TPSA) is 9.23 Å². The summed E-state index contributed by atoms with van der Waals surface area (Å²) in [5, 5.41) is 0. The highest BCUT2D eigenvalue weighted by Crippen LogP contribution is 2.12. The van der Waals surface area contributed by atoms with Crippen molar-refractivity contribution >= 4 is 0 Å². The van der Waals surface area contributed by atoms with Gasteiger partial charge in [0.15, 0.2) is 0 Å². The van der Waals surface area contributed by atoms with E-state index in [1.807, 2.05) is 0 Å². The first-order valence-corrected chi connectivity index (χ1v) is 1.53. The molecule has 43 valence electrons. The molecule has 1 radical (unpaired) electrons. The van der Waals surface area contributed by atoms with Crippen LogP contribution in [0.25, 0.3) is 0 Å². The van der Waals surface area contributed by atoms with Gasteiger partial charge in [0.1, 0.15) is 0 Å². The van der Waals surface area contributed by atoms with Crippen LogP contribution >= 0.6 is 0 Å². The minimum Gasteiger partial charge on any atom is -0.340 e. The summed E-state index contributed by atoms with van der Waals surface area (Å²) in [4.78, 5) is 0. The molecular weight excluding hydrogens is 109 g/mol. The van der Waals surface area contributed by atoms with E-state index < -0.39 is 12.8 Å². The molecule has 0 fully saturated rings. The Labute approximate surface area is 39.1 Å². The van der Waals surface area contributed by atoms with Gasteiger partial charge >= 0.3 is 12.8 Å². The molecule has 0 aromatic carbocycles. The average Bonchev–Trinajstić information content (AvgIpc) is 1.65. The molecular formula is C3H4F3O. The quantitative estimate of drug-likeness (QED) is 0.525. The van der Waals surface area contributed by atoms with E-state index in [9.17, 15) is 13.2 Å². The van der Waals surface area contributed by atoms with Gasteiger partial charge in [0.05, 0.1) is 0 Å². The zero-order chi connectivity index (χ0) is 5.86. The maximum atomic E-state index is 11.2. The third-order valence-electron chi connectivity index (χ3n) is 0.367. The molecule has 0 rings (SSSR count). The van der Waals surface area contributed by atoms with E-state index in [0.717, 1.165) is 7.11 Å². The zero-order valence-corrected chi connectivity index (χ0v) is 3.62. The molecule has 0 unspecified atom stereocenters. The number of alkyl halides is 2. The SMILES string of the molecule is CO[C](F)C(F)F. The number of ether oxygens (including phenoxy) is 1. The Morgan fingerprint density at radius 2 is 2.00 bits per heavy atom. The second kappa shape index (κ2) is 2.85. The molecule has 0 N–H and O–H groups in total. The van der Waals surface area contributed by atoms with E-state index in [2.05, 4.69) is 4.74 Å². The van der Waals surface area contributed by atoms with Gasteiger partial charge in [0, 0.05) is 7.11 Å². The maximum Gasteiger partial charge on any atom is 0.335 e. The zero-order valence-electron chi connectivity index (χ0n) is 3.62. The standard InChI is InChI=1S/C3H4F3O/c1-7-3(6)2(4)5/h2H,1H3. The number of hydrogen-bond acceptors (Lipinski definition) is 1. The molecule has 0 bridgehead atoms. The third-order valence-corrected chi connectivity index (χ3v) is 0.367. The fourth-order valence-electron chi connectivity index (χ4n) is 0.0891. The van der Waals surface area contributed by atoms with Crippen LogP contribution in [0.3, 0.4) is 0 Å². The van der Waals surface area contributed by atoms with Crippen LogP contribution < -0.4 is 0 Å². The summed E-state index contributed by atoms with van der Waals surface area (Å²) in [6.07, 6.45) is -4.84.